The molecule has 1 aliphatic rings. The van der Waals surface area contributed by atoms with Crippen LogP contribution in [0.1, 0.15) is 28.0 Å². The molecule has 34 heavy (non-hydrogen) atoms. The fraction of sp³-hybridized carbons (Fsp3) is 0.192. The monoisotopic (exact) mass is 452 g/mol. The number of rotatable bonds is 7. The van der Waals surface area contributed by atoms with E-state index in [-0.39, 0.29) is 11.6 Å². The second-order valence-electron chi connectivity index (χ2n) is 8.11. The van der Waals surface area contributed by atoms with Gasteiger partial charge in [0, 0.05) is 35.1 Å². The van der Waals surface area contributed by atoms with Crippen LogP contribution < -0.4 is 10.1 Å². The molecule has 1 unspecified atom stereocenters. The van der Waals surface area contributed by atoms with Gasteiger partial charge in [-0.05, 0) is 42.2 Å². The number of amides is 1. The minimum atomic E-state index is -0.619. The molecule has 5 rings (SSSR count). The molecule has 2 aromatic heterocycles. The number of hydrogen-bond donors (Lipinski definition) is 3. The molecule has 8 heteroatoms. The van der Waals surface area contributed by atoms with E-state index in [1.54, 1.807) is 12.4 Å². The molecule has 1 aliphatic heterocycles. The Morgan fingerprint density at radius 2 is 2.09 bits per heavy atom. The van der Waals surface area contributed by atoms with E-state index in [1.807, 2.05) is 48.5 Å². The van der Waals surface area contributed by atoms with Crippen LogP contribution in [-0.2, 0) is 13.0 Å². The van der Waals surface area contributed by atoms with Crippen LogP contribution in [0.5, 0.6) is 5.88 Å². The van der Waals surface area contributed by atoms with Gasteiger partial charge in [-0.25, -0.2) is 4.98 Å². The molecule has 4 aromatic rings. The van der Waals surface area contributed by atoms with Gasteiger partial charge in [0.05, 0.1) is 24.7 Å². The highest BCUT2D eigenvalue weighted by molar-refractivity contribution is 6.07. The summed E-state index contributed by atoms with van der Waals surface area (Å²) in [6.07, 6.45) is 6.46. The summed E-state index contributed by atoms with van der Waals surface area (Å²) in [5.41, 5.74) is 5.17. The van der Waals surface area contributed by atoms with Crippen LogP contribution >= 0.6 is 0 Å². The van der Waals surface area contributed by atoms with Crippen molar-refractivity contribution in [3.8, 4) is 17.0 Å². The Hall–Kier alpha value is -4.33. The second-order valence-corrected chi connectivity index (χ2v) is 8.11. The first-order valence-electron chi connectivity index (χ1n) is 11.2. The summed E-state index contributed by atoms with van der Waals surface area (Å²) in [4.78, 5) is 21.7. The summed E-state index contributed by atoms with van der Waals surface area (Å²) in [6.45, 7) is 1.20. The minimum absolute atomic E-state index is 0.279. The lowest BCUT2D eigenvalue weighted by atomic mass is 10.0. The van der Waals surface area contributed by atoms with Gasteiger partial charge in [-0.15, -0.1) is 0 Å². The van der Waals surface area contributed by atoms with E-state index in [0.717, 1.165) is 46.8 Å². The molecule has 0 saturated heterocycles. The van der Waals surface area contributed by atoms with Crippen molar-refractivity contribution in [1.29, 1.82) is 5.41 Å². The van der Waals surface area contributed by atoms with Gasteiger partial charge in [0.1, 0.15) is 0 Å². The van der Waals surface area contributed by atoms with Crippen LogP contribution in [0.3, 0.4) is 0 Å². The number of carbonyl (C=O) groups is 1. The molecule has 1 amide bonds. The maximum atomic E-state index is 12.9. The lowest BCUT2D eigenvalue weighted by molar-refractivity contribution is 0.0951. The number of aromatic nitrogens is 3. The summed E-state index contributed by atoms with van der Waals surface area (Å²) in [5, 5.41) is 18.3. The van der Waals surface area contributed by atoms with E-state index in [1.165, 1.54) is 0 Å². The Balaban J connectivity index is 1.31. The minimum Gasteiger partial charge on any atom is -0.477 e. The third-order valence-electron chi connectivity index (χ3n) is 5.73. The van der Waals surface area contributed by atoms with Crippen molar-refractivity contribution >= 4 is 29.2 Å². The zero-order valence-corrected chi connectivity index (χ0v) is 18.5. The third kappa shape index (κ3) is 4.56. The van der Waals surface area contributed by atoms with Crippen molar-refractivity contribution in [2.75, 3.05) is 6.61 Å². The second kappa shape index (κ2) is 9.66. The number of hydrogen-bond acceptors (Lipinski definition) is 6. The van der Waals surface area contributed by atoms with Crippen LogP contribution in [-0.4, -0.2) is 46.2 Å². The molecule has 8 nitrogen and oxygen atoms in total. The lowest BCUT2D eigenvalue weighted by Gasteiger charge is -2.16. The van der Waals surface area contributed by atoms with Gasteiger partial charge in [0.15, 0.2) is 5.69 Å². The first kappa shape index (κ1) is 21.5. The highest BCUT2D eigenvalue weighted by Crippen LogP contribution is 2.29. The zero-order chi connectivity index (χ0) is 23.3. The molecule has 3 N–H and O–H groups in total. The van der Waals surface area contributed by atoms with Crippen molar-refractivity contribution in [1.82, 2.24) is 20.5 Å². The number of benzene rings is 2. The van der Waals surface area contributed by atoms with Crippen LogP contribution in [0.15, 0.2) is 65.8 Å². The predicted molar refractivity (Wildman–Crippen MR) is 132 cm³/mol. The number of fused-ring (bicyclic) bond motifs is 2. The van der Waals surface area contributed by atoms with Crippen molar-refractivity contribution < 1.29 is 9.53 Å². The van der Waals surface area contributed by atoms with Gasteiger partial charge in [-0.2, -0.15) is 5.10 Å². The number of H-pyrrole nitrogens is 1. The Kier molecular flexibility index (Phi) is 6.11. The largest absolute Gasteiger partial charge is 0.477 e. The molecule has 1 atom stereocenters. The number of nitrogens with one attached hydrogen (secondary N) is 3. The molecule has 0 spiro atoms. The van der Waals surface area contributed by atoms with Crippen LogP contribution in [0.25, 0.3) is 22.0 Å². The van der Waals surface area contributed by atoms with Crippen molar-refractivity contribution in [2.24, 2.45) is 4.99 Å². The molecule has 3 heterocycles. The highest BCUT2D eigenvalue weighted by atomic mass is 16.5. The normalized spacial score (nSPS) is 13.9. The van der Waals surface area contributed by atoms with Crippen molar-refractivity contribution in [2.45, 2.75) is 25.4 Å². The number of ether oxygens (including phenoxy) is 1. The molecule has 170 valence electrons. The van der Waals surface area contributed by atoms with Gasteiger partial charge in [-0.3, -0.25) is 14.9 Å². The standard InChI is InChI=1S/C26H24N6O2/c27-13-21(16-28-14-17-5-2-1-3-6-17)30-25(33)24-22-9-8-18(12-23(22)31-32-24)20-11-19-7-4-10-34-26(19)29-15-20/h1-3,5-6,8-9,11-13,15-16,21,27H,4,7,10,14H2,(H,30,33)(H,31,32). The lowest BCUT2D eigenvalue weighted by Crippen LogP contribution is -2.37. The summed E-state index contributed by atoms with van der Waals surface area (Å²) in [5.74, 6) is 0.343. The molecule has 0 saturated carbocycles. The van der Waals surface area contributed by atoms with Gasteiger partial charge < -0.3 is 15.5 Å². The van der Waals surface area contributed by atoms with Crippen molar-refractivity contribution in [3.05, 3.63) is 77.6 Å². The first-order valence-corrected chi connectivity index (χ1v) is 11.2. The number of carbonyl (C=O) groups excluding carboxylic acids is 1. The van der Waals surface area contributed by atoms with Crippen LogP contribution in [0.2, 0.25) is 0 Å². The van der Waals surface area contributed by atoms with Gasteiger partial charge in [0.25, 0.3) is 5.91 Å². The maximum Gasteiger partial charge on any atom is 0.273 e. The average Bonchev–Trinajstić information content (AvgIpc) is 3.32. The van der Waals surface area contributed by atoms with Gasteiger partial charge in [0.2, 0.25) is 5.88 Å². The van der Waals surface area contributed by atoms with E-state index in [9.17, 15) is 4.79 Å². The number of aryl methyl sites for hydroxylation is 1. The molecular formula is C26H24N6O2. The number of aromatic amines is 1. The van der Waals surface area contributed by atoms with E-state index in [2.05, 4.69) is 31.6 Å². The topological polar surface area (TPSA) is 116 Å². The molecule has 0 aliphatic carbocycles. The number of nitrogens with zero attached hydrogens (tertiary/aromatic N) is 3. The van der Waals surface area contributed by atoms with E-state index in [4.69, 9.17) is 10.1 Å². The summed E-state index contributed by atoms with van der Waals surface area (Å²) < 4.78 is 5.61. The molecule has 0 fully saturated rings. The van der Waals surface area contributed by atoms with Crippen LogP contribution in [0, 0.1) is 5.41 Å². The SMILES string of the molecule is N=CC(C=NCc1ccccc1)NC(=O)c1n[nH]c2cc(-c3cnc4c(c3)CCCO4)ccc12. The fourth-order valence-corrected chi connectivity index (χ4v) is 3.97. The van der Waals surface area contributed by atoms with Crippen LogP contribution in [0.4, 0.5) is 0 Å². The number of pyridine rings is 1. The average molecular weight is 453 g/mol. The van der Waals surface area contributed by atoms with E-state index >= 15 is 0 Å². The van der Waals surface area contributed by atoms with Gasteiger partial charge >= 0.3 is 0 Å². The van der Waals surface area contributed by atoms with E-state index < -0.39 is 6.04 Å². The zero-order valence-electron chi connectivity index (χ0n) is 18.5. The predicted octanol–water partition coefficient (Wildman–Crippen LogP) is 3.97. The van der Waals surface area contributed by atoms with Gasteiger partial charge in [-0.1, -0.05) is 36.4 Å². The smallest absolute Gasteiger partial charge is 0.273 e. The Morgan fingerprint density at radius 3 is 2.94 bits per heavy atom. The molecule has 2 aromatic carbocycles. The Bertz CT molecular complexity index is 1360. The summed E-state index contributed by atoms with van der Waals surface area (Å²) in [7, 11) is 0. The summed E-state index contributed by atoms with van der Waals surface area (Å²) in [6, 6.07) is 17.1. The fourth-order valence-electron chi connectivity index (χ4n) is 3.97. The highest BCUT2D eigenvalue weighted by Gasteiger charge is 2.18. The van der Waals surface area contributed by atoms with Crippen molar-refractivity contribution in [3.63, 3.8) is 0 Å². The third-order valence-corrected chi connectivity index (χ3v) is 5.73. The molecular weight excluding hydrogens is 428 g/mol. The number of aliphatic imine (C=N–C) groups is 1. The maximum absolute atomic E-state index is 12.9. The Morgan fingerprint density at radius 1 is 1.21 bits per heavy atom. The van der Waals surface area contributed by atoms with E-state index in [0.29, 0.717) is 24.4 Å². The summed E-state index contributed by atoms with van der Waals surface area (Å²) >= 11 is 0. The first-order chi connectivity index (χ1) is 16.7. The molecule has 0 radical (unpaired) electrons. The Labute approximate surface area is 196 Å². The molecule has 0 bridgehead atoms. The quantitative estimate of drug-likeness (QED) is 0.368.